The molecule has 9 heteroatoms. The van der Waals surface area contributed by atoms with Crippen LogP contribution in [0.4, 0.5) is 13.2 Å². The van der Waals surface area contributed by atoms with Crippen molar-refractivity contribution in [2.45, 2.75) is 45.1 Å². The molecule has 1 aliphatic rings. The molecule has 0 atom stereocenters. The van der Waals surface area contributed by atoms with Crippen LogP contribution in [0.25, 0.3) is 5.69 Å². The Labute approximate surface area is 152 Å². The van der Waals surface area contributed by atoms with E-state index in [2.05, 4.69) is 20.9 Å². The molecule has 1 aromatic carbocycles. The van der Waals surface area contributed by atoms with Crippen molar-refractivity contribution >= 4 is 28.6 Å². The van der Waals surface area contributed by atoms with Gasteiger partial charge in [0.25, 0.3) is 0 Å². The predicted molar refractivity (Wildman–Crippen MR) is 92.0 cm³/mol. The van der Waals surface area contributed by atoms with Gasteiger partial charge in [-0.15, -0.1) is 0 Å². The molecule has 1 aliphatic heterocycles. The van der Waals surface area contributed by atoms with Gasteiger partial charge >= 0.3 is 13.3 Å². The molecule has 25 heavy (non-hydrogen) atoms. The highest BCUT2D eigenvalue weighted by Gasteiger charge is 2.52. The van der Waals surface area contributed by atoms with E-state index in [-0.39, 0.29) is 0 Å². The fraction of sp³-hybridized carbons (Fsp3) is 0.438. The molecule has 0 amide bonds. The molecule has 1 saturated heterocycles. The highest BCUT2D eigenvalue weighted by Crippen LogP contribution is 2.36. The highest BCUT2D eigenvalue weighted by atomic mass is 79.9. The largest absolute Gasteiger partial charge is 0.516 e. The van der Waals surface area contributed by atoms with Crippen LogP contribution in [0.1, 0.15) is 33.3 Å². The highest BCUT2D eigenvalue weighted by molar-refractivity contribution is 9.10. The van der Waals surface area contributed by atoms with Gasteiger partial charge in [-0.05, 0) is 67.9 Å². The number of nitrogens with zero attached hydrogens (tertiary/aromatic N) is 2. The fourth-order valence-corrected chi connectivity index (χ4v) is 2.96. The monoisotopic (exact) mass is 416 g/mol. The molecule has 4 nitrogen and oxygen atoms in total. The van der Waals surface area contributed by atoms with E-state index in [0.29, 0.717) is 16.0 Å². The topological polar surface area (TPSA) is 36.3 Å². The first-order chi connectivity index (χ1) is 11.4. The number of rotatable bonds is 2. The minimum Gasteiger partial charge on any atom is -0.398 e. The van der Waals surface area contributed by atoms with Crippen molar-refractivity contribution in [2.24, 2.45) is 0 Å². The average molecular weight is 417 g/mol. The maximum absolute atomic E-state index is 12.7. The number of hydrogen-bond donors (Lipinski definition) is 0. The molecule has 1 aromatic heterocycles. The zero-order chi connectivity index (χ0) is 18.6. The van der Waals surface area contributed by atoms with Crippen LogP contribution in [0, 0.1) is 0 Å². The fourth-order valence-electron chi connectivity index (χ4n) is 2.44. The molecule has 0 spiro atoms. The Morgan fingerprint density at radius 1 is 1.04 bits per heavy atom. The molecule has 2 heterocycles. The van der Waals surface area contributed by atoms with Crippen molar-refractivity contribution in [3.8, 4) is 5.69 Å². The van der Waals surface area contributed by atoms with Crippen molar-refractivity contribution in [2.75, 3.05) is 0 Å². The maximum Gasteiger partial charge on any atom is 0.516 e. The van der Waals surface area contributed by atoms with Crippen molar-refractivity contribution in [1.82, 2.24) is 9.55 Å². The normalized spacial score (nSPS) is 19.4. The third-order valence-electron chi connectivity index (χ3n) is 4.65. The molecule has 2 aromatic rings. The van der Waals surface area contributed by atoms with Crippen molar-refractivity contribution < 1.29 is 22.5 Å². The van der Waals surface area contributed by atoms with Crippen LogP contribution in [0.2, 0.25) is 0 Å². The summed E-state index contributed by atoms with van der Waals surface area (Å²) in [5.41, 5.74) is -0.593. The summed E-state index contributed by atoms with van der Waals surface area (Å²) >= 11 is 3.33. The minimum atomic E-state index is -4.36. The van der Waals surface area contributed by atoms with Crippen molar-refractivity contribution in [3.63, 3.8) is 0 Å². The van der Waals surface area contributed by atoms with Crippen LogP contribution in [0.5, 0.6) is 0 Å². The lowest BCUT2D eigenvalue weighted by atomic mass is 9.86. The second-order valence-electron chi connectivity index (χ2n) is 6.94. The predicted octanol–water partition coefficient (Wildman–Crippen LogP) is 3.95. The zero-order valence-corrected chi connectivity index (χ0v) is 15.8. The van der Waals surface area contributed by atoms with Gasteiger partial charge in [-0.25, -0.2) is 4.98 Å². The van der Waals surface area contributed by atoms with E-state index in [1.165, 1.54) is 12.1 Å². The quantitative estimate of drug-likeness (QED) is 0.695. The lowest BCUT2D eigenvalue weighted by Gasteiger charge is -2.32. The van der Waals surface area contributed by atoms with Crippen LogP contribution in [0.3, 0.4) is 0 Å². The Morgan fingerprint density at radius 2 is 1.56 bits per heavy atom. The molecule has 0 N–H and O–H groups in total. The molecule has 0 aliphatic carbocycles. The van der Waals surface area contributed by atoms with E-state index >= 15 is 0 Å². The molecule has 0 bridgehead atoms. The maximum atomic E-state index is 12.7. The Balaban J connectivity index is 1.89. The van der Waals surface area contributed by atoms with Gasteiger partial charge in [0.15, 0.2) is 4.73 Å². The first kappa shape index (κ1) is 18.5. The lowest BCUT2D eigenvalue weighted by Crippen LogP contribution is -2.41. The van der Waals surface area contributed by atoms with Gasteiger partial charge < -0.3 is 9.31 Å². The van der Waals surface area contributed by atoms with Gasteiger partial charge in [-0.2, -0.15) is 13.2 Å². The summed E-state index contributed by atoms with van der Waals surface area (Å²) in [6.07, 6.45) is -2.67. The Kier molecular flexibility index (Phi) is 4.33. The number of aromatic nitrogens is 2. The lowest BCUT2D eigenvalue weighted by molar-refractivity contribution is -0.137. The number of imidazole rings is 1. The molecule has 3 rings (SSSR count). The average Bonchev–Trinajstić information content (AvgIpc) is 2.96. The number of alkyl halides is 3. The standard InChI is InChI=1S/C16H17BBrF3N2O2/c1-14(2)15(3,4)25-17(24-14)12-9-23(13(18)22-12)11-7-5-10(6-8-11)16(19,20)21/h5-9H,1-4H3. The number of halogens is 4. The Hall–Kier alpha value is -1.32. The smallest absolute Gasteiger partial charge is 0.398 e. The molecule has 134 valence electrons. The van der Waals surface area contributed by atoms with Gasteiger partial charge in [-0.1, -0.05) is 0 Å². The third-order valence-corrected chi connectivity index (χ3v) is 5.21. The number of benzene rings is 1. The van der Waals surface area contributed by atoms with E-state index < -0.39 is 30.1 Å². The summed E-state index contributed by atoms with van der Waals surface area (Å²) in [5.74, 6) is 0. The van der Waals surface area contributed by atoms with E-state index in [1.807, 2.05) is 27.7 Å². The van der Waals surface area contributed by atoms with Gasteiger partial charge in [0.05, 0.1) is 22.4 Å². The summed E-state index contributed by atoms with van der Waals surface area (Å²) in [4.78, 5) is 4.38. The van der Waals surface area contributed by atoms with E-state index in [9.17, 15) is 13.2 Å². The second kappa shape index (κ2) is 5.85. The number of hydrogen-bond acceptors (Lipinski definition) is 3. The van der Waals surface area contributed by atoms with E-state index in [1.54, 1.807) is 10.8 Å². The van der Waals surface area contributed by atoms with Gasteiger partial charge in [0.2, 0.25) is 0 Å². The third kappa shape index (κ3) is 3.37. The van der Waals surface area contributed by atoms with Crippen LogP contribution in [-0.4, -0.2) is 27.9 Å². The van der Waals surface area contributed by atoms with Crippen LogP contribution in [0.15, 0.2) is 35.2 Å². The van der Waals surface area contributed by atoms with Gasteiger partial charge in [0, 0.05) is 11.9 Å². The van der Waals surface area contributed by atoms with Crippen LogP contribution in [-0.2, 0) is 15.5 Å². The summed E-state index contributed by atoms with van der Waals surface area (Å²) in [6.45, 7) is 7.76. The first-order valence-electron chi connectivity index (χ1n) is 7.69. The SMILES string of the molecule is CC1(C)OB(c2cn(-c3ccc(C(F)(F)F)cc3)c(Br)n2)OC1(C)C. The van der Waals surface area contributed by atoms with Crippen LogP contribution >= 0.6 is 15.9 Å². The molecular weight excluding hydrogens is 400 g/mol. The summed E-state index contributed by atoms with van der Waals surface area (Å²) in [5, 5.41) is 0. The van der Waals surface area contributed by atoms with Gasteiger partial charge in [0.1, 0.15) is 0 Å². The molecular formula is C16H17BBrF3N2O2. The molecule has 0 radical (unpaired) electrons. The minimum absolute atomic E-state index is 0.456. The zero-order valence-electron chi connectivity index (χ0n) is 14.2. The summed E-state index contributed by atoms with van der Waals surface area (Å²) in [7, 11) is -0.642. The first-order valence-corrected chi connectivity index (χ1v) is 8.48. The second-order valence-corrected chi connectivity index (χ2v) is 7.65. The van der Waals surface area contributed by atoms with E-state index in [0.717, 1.165) is 12.1 Å². The van der Waals surface area contributed by atoms with Crippen molar-refractivity contribution in [1.29, 1.82) is 0 Å². The van der Waals surface area contributed by atoms with Gasteiger partial charge in [-0.3, -0.25) is 4.57 Å². The molecule has 0 saturated carbocycles. The Morgan fingerprint density at radius 3 is 2.04 bits per heavy atom. The van der Waals surface area contributed by atoms with Crippen LogP contribution < -0.4 is 5.59 Å². The summed E-state index contributed by atoms with van der Waals surface area (Å²) in [6, 6.07) is 4.86. The van der Waals surface area contributed by atoms with E-state index in [4.69, 9.17) is 9.31 Å². The molecule has 0 unspecified atom stereocenters. The summed E-state index contributed by atoms with van der Waals surface area (Å²) < 4.78 is 52.1. The Bertz CT molecular complexity index is 772. The van der Waals surface area contributed by atoms with Crippen molar-refractivity contribution in [3.05, 3.63) is 40.8 Å². The molecule has 1 fully saturated rings.